The Labute approximate surface area is 171 Å². The highest BCUT2D eigenvalue weighted by atomic mass is 16.5. The fraction of sp³-hybridized carbons (Fsp3) is 0.577. The van der Waals surface area contributed by atoms with Crippen LogP contribution in [0.25, 0.3) is 10.8 Å². The first-order valence-electron chi connectivity index (χ1n) is 11.0. The number of ketones is 1. The second kappa shape index (κ2) is 10.6. The molecule has 2 nitrogen and oxygen atoms in total. The average Bonchev–Trinajstić information content (AvgIpc) is 2.67. The van der Waals surface area contributed by atoms with Gasteiger partial charge in [-0.3, -0.25) is 4.79 Å². The Balaban J connectivity index is 0.000000203. The normalized spacial score (nSPS) is 21.9. The number of carbonyl (C=O) groups is 1. The lowest BCUT2D eigenvalue weighted by Gasteiger charge is -2.35. The van der Waals surface area contributed by atoms with E-state index >= 15 is 0 Å². The Bertz CT molecular complexity index is 762. The maximum Gasteiger partial charge on any atom is 0.133 e. The Morgan fingerprint density at radius 2 is 1.86 bits per heavy atom. The van der Waals surface area contributed by atoms with Gasteiger partial charge in [0.2, 0.25) is 0 Å². The molecule has 0 spiro atoms. The molecular weight excluding hydrogens is 344 g/mol. The summed E-state index contributed by atoms with van der Waals surface area (Å²) in [7, 11) is 0. The van der Waals surface area contributed by atoms with Crippen molar-refractivity contribution in [2.45, 2.75) is 67.2 Å². The molecule has 0 aliphatic heterocycles. The van der Waals surface area contributed by atoms with Crippen LogP contribution in [0, 0.1) is 30.6 Å². The quantitative estimate of drug-likeness (QED) is 0.545. The first-order chi connectivity index (χ1) is 13.3. The van der Waals surface area contributed by atoms with Gasteiger partial charge in [-0.25, -0.2) is 0 Å². The van der Waals surface area contributed by atoms with Crippen molar-refractivity contribution < 1.29 is 9.53 Å². The summed E-state index contributed by atoms with van der Waals surface area (Å²) in [6.45, 7) is 13.5. The van der Waals surface area contributed by atoms with Crippen LogP contribution in [0.1, 0.15) is 65.9 Å². The summed E-state index contributed by atoms with van der Waals surface area (Å²) in [5.41, 5.74) is 1.21. The van der Waals surface area contributed by atoms with Crippen molar-refractivity contribution in [3.8, 4) is 5.75 Å². The molecule has 3 atom stereocenters. The number of carbonyl (C=O) groups excluding carboxylic acids is 1. The summed E-state index contributed by atoms with van der Waals surface area (Å²) < 4.78 is 5.80. The van der Waals surface area contributed by atoms with Gasteiger partial charge in [-0.2, -0.15) is 0 Å². The molecule has 0 heterocycles. The lowest BCUT2D eigenvalue weighted by Crippen LogP contribution is -2.32. The molecule has 0 bridgehead atoms. The minimum atomic E-state index is 0.351. The lowest BCUT2D eigenvalue weighted by molar-refractivity contribution is -0.124. The molecule has 3 rings (SSSR count). The molecule has 0 aromatic heterocycles. The number of hydrogen-bond acceptors (Lipinski definition) is 2. The third-order valence-corrected chi connectivity index (χ3v) is 6.07. The van der Waals surface area contributed by atoms with Crippen molar-refractivity contribution in [2.75, 3.05) is 6.61 Å². The number of aryl methyl sites for hydroxylation is 1. The number of ether oxygens (including phenoxy) is 1. The Morgan fingerprint density at radius 3 is 2.50 bits per heavy atom. The highest BCUT2D eigenvalue weighted by Gasteiger charge is 2.33. The van der Waals surface area contributed by atoms with Gasteiger partial charge in [0.1, 0.15) is 11.5 Å². The van der Waals surface area contributed by atoms with Crippen LogP contribution in [0.4, 0.5) is 0 Å². The lowest BCUT2D eigenvalue weighted by atomic mass is 9.69. The highest BCUT2D eigenvalue weighted by molar-refractivity contribution is 5.89. The zero-order valence-corrected chi connectivity index (χ0v) is 18.6. The smallest absolute Gasteiger partial charge is 0.133 e. The van der Waals surface area contributed by atoms with E-state index < -0.39 is 0 Å². The van der Waals surface area contributed by atoms with E-state index in [1.807, 2.05) is 0 Å². The van der Waals surface area contributed by atoms with Gasteiger partial charge in [-0.15, -0.1) is 0 Å². The summed E-state index contributed by atoms with van der Waals surface area (Å²) in [5.74, 6) is 3.86. The minimum Gasteiger partial charge on any atom is -0.493 e. The van der Waals surface area contributed by atoms with Crippen LogP contribution in [-0.4, -0.2) is 12.4 Å². The Morgan fingerprint density at radius 1 is 1.14 bits per heavy atom. The van der Waals surface area contributed by atoms with Crippen molar-refractivity contribution in [3.63, 3.8) is 0 Å². The van der Waals surface area contributed by atoms with E-state index in [9.17, 15) is 4.79 Å². The third kappa shape index (κ3) is 5.83. The molecule has 1 saturated carbocycles. The Kier molecular flexibility index (Phi) is 8.54. The second-order valence-electron chi connectivity index (χ2n) is 8.82. The molecule has 2 aromatic rings. The number of benzene rings is 2. The molecule has 1 aliphatic rings. The van der Waals surface area contributed by atoms with E-state index in [1.165, 1.54) is 29.2 Å². The summed E-state index contributed by atoms with van der Waals surface area (Å²) in [6.07, 6.45) is 4.73. The molecule has 28 heavy (non-hydrogen) atoms. The molecule has 154 valence electrons. The van der Waals surface area contributed by atoms with Gasteiger partial charge in [-0.05, 0) is 61.8 Å². The number of hydrogen-bond donors (Lipinski definition) is 0. The highest BCUT2D eigenvalue weighted by Crippen LogP contribution is 2.38. The predicted molar refractivity (Wildman–Crippen MR) is 120 cm³/mol. The molecule has 1 aliphatic carbocycles. The van der Waals surface area contributed by atoms with Gasteiger partial charge in [0.25, 0.3) is 0 Å². The molecule has 0 radical (unpaired) electrons. The number of rotatable bonds is 5. The van der Waals surface area contributed by atoms with E-state index in [2.05, 4.69) is 71.0 Å². The van der Waals surface area contributed by atoms with Crippen LogP contribution < -0.4 is 4.74 Å². The molecule has 2 aromatic carbocycles. The average molecular weight is 383 g/mol. The topological polar surface area (TPSA) is 26.3 Å². The van der Waals surface area contributed by atoms with Crippen LogP contribution >= 0.6 is 0 Å². The first kappa shape index (κ1) is 22.5. The zero-order valence-electron chi connectivity index (χ0n) is 18.6. The monoisotopic (exact) mass is 382 g/mol. The van der Waals surface area contributed by atoms with E-state index in [1.54, 1.807) is 6.92 Å². The number of Topliss-reactive ketones (excluding diaryl/α,β-unsaturated/α-hetero) is 1. The number of fused-ring (bicyclic) bond motifs is 1. The van der Waals surface area contributed by atoms with Gasteiger partial charge in [-0.1, -0.05) is 70.5 Å². The van der Waals surface area contributed by atoms with Crippen molar-refractivity contribution in [2.24, 2.45) is 23.7 Å². The van der Waals surface area contributed by atoms with Crippen LogP contribution in [0.3, 0.4) is 0 Å². The first-order valence-corrected chi connectivity index (χ1v) is 11.0. The molecule has 2 heteroatoms. The SMILES string of the molecule is CC(=O)C1CC(C)CC[C@H]1C(C)C.CCCOc1c(C)ccc2ccccc12. The fourth-order valence-corrected chi connectivity index (χ4v) is 4.42. The zero-order chi connectivity index (χ0) is 20.7. The molecule has 1 fully saturated rings. The van der Waals surface area contributed by atoms with Crippen LogP contribution in [-0.2, 0) is 4.79 Å². The van der Waals surface area contributed by atoms with Crippen molar-refractivity contribution in [1.82, 2.24) is 0 Å². The largest absolute Gasteiger partial charge is 0.493 e. The maximum absolute atomic E-state index is 11.5. The molecule has 0 amide bonds. The van der Waals surface area contributed by atoms with Crippen molar-refractivity contribution in [1.29, 1.82) is 0 Å². The predicted octanol–water partition coefficient (Wildman–Crippen LogP) is 7.22. The van der Waals surface area contributed by atoms with Gasteiger partial charge in [0.15, 0.2) is 0 Å². The molecular formula is C26H38O2. The van der Waals surface area contributed by atoms with Gasteiger partial charge in [0, 0.05) is 11.3 Å². The van der Waals surface area contributed by atoms with Gasteiger partial charge < -0.3 is 4.74 Å². The van der Waals surface area contributed by atoms with Crippen LogP contribution in [0.15, 0.2) is 36.4 Å². The summed E-state index contributed by atoms with van der Waals surface area (Å²) in [4.78, 5) is 11.5. The fourth-order valence-electron chi connectivity index (χ4n) is 4.42. The van der Waals surface area contributed by atoms with E-state index in [0.29, 0.717) is 23.5 Å². The van der Waals surface area contributed by atoms with Crippen LogP contribution in [0.5, 0.6) is 5.75 Å². The molecule has 0 N–H and O–H groups in total. The summed E-state index contributed by atoms with van der Waals surface area (Å²) >= 11 is 0. The van der Waals surface area contributed by atoms with Gasteiger partial charge in [0.05, 0.1) is 6.61 Å². The van der Waals surface area contributed by atoms with E-state index in [0.717, 1.165) is 31.1 Å². The van der Waals surface area contributed by atoms with E-state index in [-0.39, 0.29) is 0 Å². The standard InChI is InChI=1S/C14H16O.C12H22O/c1-3-10-15-14-11(2)8-9-12-6-4-5-7-13(12)14;1-8(2)11-6-5-9(3)7-12(11)10(4)13/h4-9H,3,10H2,1-2H3;8-9,11-12H,5-7H2,1-4H3/t;9?,11-,12?/m.0/s1. The van der Waals surface area contributed by atoms with Crippen molar-refractivity contribution >= 4 is 16.6 Å². The minimum absolute atomic E-state index is 0.351. The summed E-state index contributed by atoms with van der Waals surface area (Å²) in [6, 6.07) is 12.6. The van der Waals surface area contributed by atoms with E-state index in [4.69, 9.17) is 4.74 Å². The summed E-state index contributed by atoms with van der Waals surface area (Å²) in [5, 5.41) is 2.46. The van der Waals surface area contributed by atoms with Gasteiger partial charge >= 0.3 is 0 Å². The molecule has 0 saturated heterocycles. The second-order valence-corrected chi connectivity index (χ2v) is 8.82. The maximum atomic E-state index is 11.5. The third-order valence-electron chi connectivity index (χ3n) is 6.07. The molecule has 2 unspecified atom stereocenters. The Hall–Kier alpha value is -1.83. The van der Waals surface area contributed by atoms with Crippen molar-refractivity contribution in [3.05, 3.63) is 42.0 Å². The van der Waals surface area contributed by atoms with Crippen LogP contribution in [0.2, 0.25) is 0 Å².